The van der Waals surface area contributed by atoms with Gasteiger partial charge in [-0.05, 0) is 39.4 Å². The first-order chi connectivity index (χ1) is 7.24. The second-order valence-corrected chi connectivity index (χ2v) is 3.74. The summed E-state index contributed by atoms with van der Waals surface area (Å²) in [5.41, 5.74) is 2.73. The number of hydrogen-bond acceptors (Lipinski definition) is 2. The molecule has 0 aromatic heterocycles. The van der Waals surface area contributed by atoms with E-state index in [4.69, 9.17) is 0 Å². The van der Waals surface area contributed by atoms with Crippen molar-refractivity contribution >= 4 is 5.69 Å². The molecule has 0 aliphatic rings. The predicted octanol–water partition coefficient (Wildman–Crippen LogP) is 2.81. The van der Waals surface area contributed by atoms with Crippen molar-refractivity contribution < 1.29 is 0 Å². The summed E-state index contributed by atoms with van der Waals surface area (Å²) in [6, 6.07) is 9.03. The molecule has 0 radical (unpaired) electrons. The molecule has 1 N–H and O–H groups in total. The van der Waals surface area contributed by atoms with Crippen molar-refractivity contribution in [1.82, 2.24) is 5.32 Å². The van der Waals surface area contributed by atoms with E-state index in [-0.39, 0.29) is 0 Å². The fraction of sp³-hybridized carbons (Fsp3) is 0.538. The first kappa shape index (κ1) is 12.1. The maximum Gasteiger partial charge on any atom is 0.0414 e. The van der Waals surface area contributed by atoms with Gasteiger partial charge in [-0.3, -0.25) is 0 Å². The normalized spacial score (nSPS) is 12.5. The molecule has 1 aromatic carbocycles. The summed E-state index contributed by atoms with van der Waals surface area (Å²) in [5, 5.41) is 3.30. The van der Waals surface area contributed by atoms with Gasteiger partial charge in [0.1, 0.15) is 0 Å². The first-order valence-corrected chi connectivity index (χ1v) is 5.75. The summed E-state index contributed by atoms with van der Waals surface area (Å²) in [7, 11) is 2.00. The Labute approximate surface area is 93.3 Å². The largest absolute Gasteiger partial charge is 0.372 e. The van der Waals surface area contributed by atoms with E-state index in [2.05, 4.69) is 55.3 Å². The standard InChI is InChI=1S/C13H22N2/c1-5-15(6-2)13-10-8-7-9-12(13)11(3)14-4/h7-11,14H,5-6H2,1-4H3. The van der Waals surface area contributed by atoms with E-state index in [1.165, 1.54) is 11.3 Å². The van der Waals surface area contributed by atoms with Gasteiger partial charge < -0.3 is 10.2 Å². The van der Waals surface area contributed by atoms with Gasteiger partial charge in [0.15, 0.2) is 0 Å². The second-order valence-electron chi connectivity index (χ2n) is 3.74. The molecular weight excluding hydrogens is 184 g/mol. The molecular formula is C13H22N2. The van der Waals surface area contributed by atoms with E-state index in [1.807, 2.05) is 7.05 Å². The van der Waals surface area contributed by atoms with Crippen molar-refractivity contribution in [3.8, 4) is 0 Å². The minimum Gasteiger partial charge on any atom is -0.372 e. The molecule has 2 heteroatoms. The maximum absolute atomic E-state index is 3.30. The van der Waals surface area contributed by atoms with E-state index in [0.29, 0.717) is 6.04 Å². The van der Waals surface area contributed by atoms with Crippen LogP contribution in [0.5, 0.6) is 0 Å². The van der Waals surface area contributed by atoms with E-state index in [9.17, 15) is 0 Å². The van der Waals surface area contributed by atoms with E-state index in [1.54, 1.807) is 0 Å². The van der Waals surface area contributed by atoms with E-state index < -0.39 is 0 Å². The number of para-hydroxylation sites is 1. The minimum absolute atomic E-state index is 0.404. The van der Waals surface area contributed by atoms with Crippen LogP contribution in [-0.2, 0) is 0 Å². The molecule has 0 aliphatic carbocycles. The minimum atomic E-state index is 0.404. The molecule has 15 heavy (non-hydrogen) atoms. The Morgan fingerprint density at radius 2 is 1.80 bits per heavy atom. The van der Waals surface area contributed by atoms with Gasteiger partial charge in [0, 0.05) is 24.8 Å². The summed E-state index contributed by atoms with van der Waals surface area (Å²) in [5.74, 6) is 0. The molecule has 1 unspecified atom stereocenters. The van der Waals surface area contributed by atoms with E-state index in [0.717, 1.165) is 13.1 Å². The second kappa shape index (κ2) is 5.76. The van der Waals surface area contributed by atoms with Crippen LogP contribution in [0.4, 0.5) is 5.69 Å². The Morgan fingerprint density at radius 3 is 2.33 bits per heavy atom. The molecule has 0 spiro atoms. The zero-order valence-corrected chi connectivity index (χ0v) is 10.2. The monoisotopic (exact) mass is 206 g/mol. The highest BCUT2D eigenvalue weighted by Gasteiger charge is 2.11. The fourth-order valence-electron chi connectivity index (χ4n) is 1.86. The Hall–Kier alpha value is -1.02. The Kier molecular flexibility index (Phi) is 4.63. The third-order valence-corrected chi connectivity index (χ3v) is 2.94. The van der Waals surface area contributed by atoms with Crippen molar-refractivity contribution in [2.45, 2.75) is 26.8 Å². The summed E-state index contributed by atoms with van der Waals surface area (Å²) in [6.07, 6.45) is 0. The smallest absolute Gasteiger partial charge is 0.0414 e. The molecule has 1 atom stereocenters. The zero-order chi connectivity index (χ0) is 11.3. The van der Waals surface area contributed by atoms with Gasteiger partial charge in [-0.15, -0.1) is 0 Å². The quantitative estimate of drug-likeness (QED) is 0.797. The molecule has 0 aliphatic heterocycles. The molecule has 1 aromatic rings. The number of nitrogens with zero attached hydrogens (tertiary/aromatic N) is 1. The Morgan fingerprint density at radius 1 is 1.20 bits per heavy atom. The lowest BCUT2D eigenvalue weighted by Crippen LogP contribution is -2.25. The lowest BCUT2D eigenvalue weighted by molar-refractivity contribution is 0.648. The van der Waals surface area contributed by atoms with Crippen LogP contribution in [0, 0.1) is 0 Å². The summed E-state index contributed by atoms with van der Waals surface area (Å²) >= 11 is 0. The predicted molar refractivity (Wildman–Crippen MR) is 67.5 cm³/mol. The van der Waals surface area contributed by atoms with Crippen molar-refractivity contribution in [2.24, 2.45) is 0 Å². The highest BCUT2D eigenvalue weighted by molar-refractivity contribution is 5.54. The highest BCUT2D eigenvalue weighted by atomic mass is 15.1. The molecule has 0 saturated heterocycles. The summed E-state index contributed by atoms with van der Waals surface area (Å²) < 4.78 is 0. The van der Waals surface area contributed by atoms with Gasteiger partial charge in [-0.2, -0.15) is 0 Å². The SMILES string of the molecule is CCN(CC)c1ccccc1C(C)NC. The van der Waals surface area contributed by atoms with Crippen LogP contribution in [0.2, 0.25) is 0 Å². The van der Waals surface area contributed by atoms with Crippen molar-refractivity contribution in [1.29, 1.82) is 0 Å². The molecule has 0 saturated carbocycles. The van der Waals surface area contributed by atoms with Crippen molar-refractivity contribution in [2.75, 3.05) is 25.0 Å². The van der Waals surface area contributed by atoms with Gasteiger partial charge in [0.25, 0.3) is 0 Å². The maximum atomic E-state index is 3.30. The van der Waals surface area contributed by atoms with Gasteiger partial charge in [0.2, 0.25) is 0 Å². The number of rotatable bonds is 5. The first-order valence-electron chi connectivity index (χ1n) is 5.75. The number of anilines is 1. The lowest BCUT2D eigenvalue weighted by atomic mass is 10.1. The summed E-state index contributed by atoms with van der Waals surface area (Å²) in [6.45, 7) is 8.71. The van der Waals surface area contributed by atoms with Gasteiger partial charge in [0.05, 0.1) is 0 Å². The molecule has 84 valence electrons. The van der Waals surface area contributed by atoms with Crippen LogP contribution in [0.3, 0.4) is 0 Å². The average molecular weight is 206 g/mol. The molecule has 0 amide bonds. The molecule has 0 heterocycles. The van der Waals surface area contributed by atoms with Gasteiger partial charge >= 0.3 is 0 Å². The third kappa shape index (κ3) is 2.72. The zero-order valence-electron chi connectivity index (χ0n) is 10.2. The third-order valence-electron chi connectivity index (χ3n) is 2.94. The highest BCUT2D eigenvalue weighted by Crippen LogP contribution is 2.25. The molecule has 1 rings (SSSR count). The van der Waals surface area contributed by atoms with Crippen LogP contribution in [0.15, 0.2) is 24.3 Å². The molecule has 0 fully saturated rings. The number of benzene rings is 1. The van der Waals surface area contributed by atoms with Crippen LogP contribution < -0.4 is 10.2 Å². The lowest BCUT2D eigenvalue weighted by Gasteiger charge is -2.26. The van der Waals surface area contributed by atoms with Gasteiger partial charge in [-0.1, -0.05) is 18.2 Å². The number of hydrogen-bond donors (Lipinski definition) is 1. The number of nitrogens with one attached hydrogen (secondary N) is 1. The average Bonchev–Trinajstić information content (AvgIpc) is 2.30. The summed E-state index contributed by atoms with van der Waals surface area (Å²) in [4.78, 5) is 2.39. The van der Waals surface area contributed by atoms with E-state index >= 15 is 0 Å². The Bertz CT molecular complexity index is 292. The molecule has 0 bridgehead atoms. The van der Waals surface area contributed by atoms with Crippen molar-refractivity contribution in [3.63, 3.8) is 0 Å². The van der Waals surface area contributed by atoms with Crippen LogP contribution >= 0.6 is 0 Å². The fourth-order valence-corrected chi connectivity index (χ4v) is 1.86. The van der Waals surface area contributed by atoms with Crippen molar-refractivity contribution in [3.05, 3.63) is 29.8 Å². The topological polar surface area (TPSA) is 15.3 Å². The van der Waals surface area contributed by atoms with Crippen LogP contribution in [0.25, 0.3) is 0 Å². The Balaban J connectivity index is 3.04. The molecule has 2 nitrogen and oxygen atoms in total. The van der Waals surface area contributed by atoms with Crippen LogP contribution in [-0.4, -0.2) is 20.1 Å². The van der Waals surface area contributed by atoms with Gasteiger partial charge in [-0.25, -0.2) is 0 Å². The van der Waals surface area contributed by atoms with Crippen LogP contribution in [0.1, 0.15) is 32.4 Å².